The van der Waals surface area contributed by atoms with Crippen LogP contribution in [0, 0.1) is 5.92 Å². The Labute approximate surface area is 88.4 Å². The first-order chi connectivity index (χ1) is 6.99. The molecule has 1 saturated heterocycles. The van der Waals surface area contributed by atoms with E-state index in [2.05, 4.69) is 0 Å². The summed E-state index contributed by atoms with van der Waals surface area (Å²) in [5.74, 6) is -2.76. The number of carbonyl (C=O) groups excluding carboxylic acids is 3. The lowest BCUT2D eigenvalue weighted by Gasteiger charge is -2.19. The van der Waals surface area contributed by atoms with Crippen LogP contribution in [0.2, 0.25) is 0 Å². The van der Waals surface area contributed by atoms with Gasteiger partial charge in [0.05, 0.1) is 6.61 Å². The van der Waals surface area contributed by atoms with E-state index in [1.54, 1.807) is 20.8 Å². The SMILES string of the molecule is CCOC(=O)[C@@H]1CN(C(C)C)C(=O)C1=O. The van der Waals surface area contributed by atoms with Crippen LogP contribution in [0.15, 0.2) is 0 Å². The predicted molar refractivity (Wildman–Crippen MR) is 52.0 cm³/mol. The minimum atomic E-state index is -0.931. The highest BCUT2D eigenvalue weighted by Gasteiger charge is 2.44. The molecule has 1 rings (SSSR count). The van der Waals surface area contributed by atoms with Gasteiger partial charge in [-0.1, -0.05) is 0 Å². The fourth-order valence-electron chi connectivity index (χ4n) is 1.52. The summed E-state index contributed by atoms with van der Waals surface area (Å²) in [6, 6.07) is -0.0686. The zero-order chi connectivity index (χ0) is 11.6. The Morgan fingerprint density at radius 1 is 1.53 bits per heavy atom. The van der Waals surface area contributed by atoms with E-state index in [0.29, 0.717) is 0 Å². The van der Waals surface area contributed by atoms with Crippen LogP contribution in [0.25, 0.3) is 0 Å². The topological polar surface area (TPSA) is 63.7 Å². The number of likely N-dealkylation sites (tertiary alicyclic amines) is 1. The molecule has 1 amide bonds. The van der Waals surface area contributed by atoms with Crippen molar-refractivity contribution in [1.82, 2.24) is 4.90 Å². The Morgan fingerprint density at radius 2 is 2.13 bits per heavy atom. The largest absolute Gasteiger partial charge is 0.465 e. The summed E-state index contributed by atoms with van der Waals surface area (Å²) >= 11 is 0. The lowest BCUT2D eigenvalue weighted by atomic mass is 10.1. The summed E-state index contributed by atoms with van der Waals surface area (Å²) in [7, 11) is 0. The molecule has 0 aromatic rings. The zero-order valence-corrected chi connectivity index (χ0v) is 9.15. The number of ether oxygens (including phenoxy) is 1. The van der Waals surface area contributed by atoms with Gasteiger partial charge in [-0.3, -0.25) is 14.4 Å². The van der Waals surface area contributed by atoms with Gasteiger partial charge in [0.25, 0.3) is 5.91 Å². The number of hydrogen-bond donors (Lipinski definition) is 0. The Kier molecular flexibility index (Phi) is 3.44. The molecule has 5 nitrogen and oxygen atoms in total. The lowest BCUT2D eigenvalue weighted by Crippen LogP contribution is -2.33. The molecule has 1 aliphatic rings. The van der Waals surface area contributed by atoms with E-state index in [4.69, 9.17) is 4.74 Å². The molecule has 0 aromatic heterocycles. The second kappa shape index (κ2) is 4.42. The van der Waals surface area contributed by atoms with E-state index in [9.17, 15) is 14.4 Å². The number of hydrogen-bond acceptors (Lipinski definition) is 4. The molecule has 0 spiro atoms. The van der Waals surface area contributed by atoms with Crippen molar-refractivity contribution < 1.29 is 19.1 Å². The number of nitrogens with zero attached hydrogens (tertiary/aromatic N) is 1. The normalized spacial score (nSPS) is 21.3. The van der Waals surface area contributed by atoms with E-state index >= 15 is 0 Å². The Balaban J connectivity index is 2.75. The van der Waals surface area contributed by atoms with Crippen molar-refractivity contribution in [3.8, 4) is 0 Å². The first-order valence-electron chi connectivity index (χ1n) is 5.00. The number of esters is 1. The van der Waals surface area contributed by atoms with E-state index in [-0.39, 0.29) is 19.2 Å². The Morgan fingerprint density at radius 3 is 2.53 bits per heavy atom. The fraction of sp³-hybridized carbons (Fsp3) is 0.700. The molecule has 84 valence electrons. The smallest absolute Gasteiger partial charge is 0.318 e. The van der Waals surface area contributed by atoms with Crippen molar-refractivity contribution in [2.45, 2.75) is 26.8 Å². The molecule has 0 aromatic carbocycles. The van der Waals surface area contributed by atoms with Crippen LogP contribution in [0.1, 0.15) is 20.8 Å². The summed E-state index contributed by atoms with van der Waals surface area (Å²) < 4.78 is 4.73. The van der Waals surface area contributed by atoms with Crippen LogP contribution >= 0.6 is 0 Å². The van der Waals surface area contributed by atoms with E-state index in [1.807, 2.05) is 0 Å². The van der Waals surface area contributed by atoms with Gasteiger partial charge in [-0.15, -0.1) is 0 Å². The summed E-state index contributed by atoms with van der Waals surface area (Å²) in [5.41, 5.74) is 0. The molecule has 1 fully saturated rings. The molecule has 1 heterocycles. The molecule has 1 aliphatic heterocycles. The third-order valence-corrected chi connectivity index (χ3v) is 2.36. The number of amides is 1. The van der Waals surface area contributed by atoms with Crippen molar-refractivity contribution in [1.29, 1.82) is 0 Å². The molecule has 0 unspecified atom stereocenters. The maximum atomic E-state index is 11.4. The maximum Gasteiger partial charge on any atom is 0.318 e. The first kappa shape index (κ1) is 11.7. The number of carbonyl (C=O) groups is 3. The molecule has 0 aliphatic carbocycles. The minimum absolute atomic E-state index is 0.0686. The number of rotatable bonds is 3. The molecular weight excluding hydrogens is 198 g/mol. The van der Waals surface area contributed by atoms with E-state index in [0.717, 1.165) is 0 Å². The number of ketones is 1. The molecule has 5 heteroatoms. The van der Waals surface area contributed by atoms with Crippen LogP contribution in [0.4, 0.5) is 0 Å². The molecule has 15 heavy (non-hydrogen) atoms. The maximum absolute atomic E-state index is 11.4. The van der Waals surface area contributed by atoms with Crippen LogP contribution in [0.5, 0.6) is 0 Å². The van der Waals surface area contributed by atoms with Crippen LogP contribution in [-0.2, 0) is 19.1 Å². The minimum Gasteiger partial charge on any atom is -0.465 e. The van der Waals surface area contributed by atoms with Crippen molar-refractivity contribution in [2.75, 3.05) is 13.2 Å². The van der Waals surface area contributed by atoms with Gasteiger partial charge < -0.3 is 9.64 Å². The Hall–Kier alpha value is -1.39. The molecular formula is C10H15NO4. The highest BCUT2D eigenvalue weighted by Crippen LogP contribution is 2.18. The van der Waals surface area contributed by atoms with E-state index < -0.39 is 23.6 Å². The summed E-state index contributed by atoms with van der Waals surface area (Å²) in [4.78, 5) is 35.6. The van der Waals surface area contributed by atoms with Crippen molar-refractivity contribution in [2.24, 2.45) is 5.92 Å². The monoisotopic (exact) mass is 213 g/mol. The van der Waals surface area contributed by atoms with Crippen LogP contribution in [0.3, 0.4) is 0 Å². The summed E-state index contributed by atoms with van der Waals surface area (Å²) in [6.45, 7) is 5.64. The van der Waals surface area contributed by atoms with Crippen LogP contribution < -0.4 is 0 Å². The Bertz CT molecular complexity index is 298. The second-order valence-corrected chi connectivity index (χ2v) is 3.72. The molecule has 0 N–H and O–H groups in total. The van der Waals surface area contributed by atoms with Crippen molar-refractivity contribution in [3.63, 3.8) is 0 Å². The van der Waals surface area contributed by atoms with Gasteiger partial charge in [0, 0.05) is 12.6 Å². The predicted octanol–water partition coefficient (Wildman–Crippen LogP) is -0.0146. The quantitative estimate of drug-likeness (QED) is 0.375. The molecule has 0 radical (unpaired) electrons. The standard InChI is InChI=1S/C10H15NO4/c1-4-15-10(14)7-5-11(6(2)3)9(13)8(7)12/h6-7H,4-5H2,1-3H3/t7-/m1/s1. The third-order valence-electron chi connectivity index (χ3n) is 2.36. The molecule has 1 atom stereocenters. The van der Waals surface area contributed by atoms with Crippen molar-refractivity contribution in [3.05, 3.63) is 0 Å². The zero-order valence-electron chi connectivity index (χ0n) is 9.15. The fourth-order valence-corrected chi connectivity index (χ4v) is 1.52. The van der Waals surface area contributed by atoms with Gasteiger partial charge in [-0.25, -0.2) is 0 Å². The van der Waals surface area contributed by atoms with E-state index in [1.165, 1.54) is 4.90 Å². The van der Waals surface area contributed by atoms with Gasteiger partial charge >= 0.3 is 5.97 Å². The third kappa shape index (κ3) is 2.16. The summed E-state index contributed by atoms with van der Waals surface area (Å²) in [5, 5.41) is 0. The highest BCUT2D eigenvalue weighted by molar-refractivity contribution is 6.42. The molecule has 0 bridgehead atoms. The van der Waals surface area contributed by atoms with Gasteiger partial charge in [0.1, 0.15) is 5.92 Å². The van der Waals surface area contributed by atoms with Crippen LogP contribution in [-0.4, -0.2) is 41.8 Å². The van der Waals surface area contributed by atoms with Gasteiger partial charge in [0.15, 0.2) is 0 Å². The second-order valence-electron chi connectivity index (χ2n) is 3.72. The van der Waals surface area contributed by atoms with Gasteiger partial charge in [-0.2, -0.15) is 0 Å². The summed E-state index contributed by atoms with van der Waals surface area (Å²) in [6.07, 6.45) is 0. The number of Topliss-reactive ketones (excluding diaryl/α,β-unsaturated/α-hetero) is 1. The average Bonchev–Trinajstić information content (AvgIpc) is 2.45. The van der Waals surface area contributed by atoms with Gasteiger partial charge in [0.2, 0.25) is 5.78 Å². The lowest BCUT2D eigenvalue weighted by molar-refractivity contribution is -0.151. The van der Waals surface area contributed by atoms with Crippen molar-refractivity contribution >= 4 is 17.7 Å². The highest BCUT2D eigenvalue weighted by atomic mass is 16.5. The average molecular weight is 213 g/mol. The first-order valence-corrected chi connectivity index (χ1v) is 5.00. The van der Waals surface area contributed by atoms with Gasteiger partial charge in [-0.05, 0) is 20.8 Å². The molecule has 0 saturated carbocycles.